The highest BCUT2D eigenvalue weighted by Gasteiger charge is 2.35. The van der Waals surface area contributed by atoms with Gasteiger partial charge in [0.15, 0.2) is 0 Å². The fraction of sp³-hybridized carbons (Fsp3) is 0.286. The third kappa shape index (κ3) is 3.06. The molecule has 0 bridgehead atoms. The van der Waals surface area contributed by atoms with Crippen LogP contribution in [0.2, 0.25) is 0 Å². The number of aromatic nitrogens is 1. The predicted molar refractivity (Wildman–Crippen MR) is 73.9 cm³/mol. The zero-order valence-electron chi connectivity index (χ0n) is 11.2. The summed E-state index contributed by atoms with van der Waals surface area (Å²) in [4.78, 5) is 17.6. The molecule has 0 aliphatic carbocycles. The van der Waals surface area contributed by atoms with Gasteiger partial charge in [-0.25, -0.2) is 4.98 Å². The van der Waals surface area contributed by atoms with Gasteiger partial charge >= 0.3 is 6.18 Å². The highest BCUT2D eigenvalue weighted by molar-refractivity contribution is 7.12. The van der Waals surface area contributed by atoms with E-state index in [2.05, 4.69) is 4.98 Å². The Kier molecular flexibility index (Phi) is 3.78. The lowest BCUT2D eigenvalue weighted by molar-refractivity contribution is -0.141. The molecule has 3 heterocycles. The largest absolute Gasteiger partial charge is 0.471 e. The maximum absolute atomic E-state index is 12.6. The average Bonchev–Trinajstić information content (AvgIpc) is 2.95. The van der Waals surface area contributed by atoms with Crippen LogP contribution in [0.4, 0.5) is 13.2 Å². The molecule has 8 heteroatoms. The second-order valence-electron chi connectivity index (χ2n) is 4.79. The van der Waals surface area contributed by atoms with Crippen molar-refractivity contribution >= 4 is 17.2 Å². The molecule has 0 saturated carbocycles. The van der Waals surface area contributed by atoms with E-state index in [4.69, 9.17) is 4.74 Å². The number of ether oxygens (including phenoxy) is 1. The molecule has 4 nitrogen and oxygen atoms in total. The van der Waals surface area contributed by atoms with E-state index < -0.39 is 11.9 Å². The first-order valence-corrected chi connectivity index (χ1v) is 7.35. The maximum atomic E-state index is 12.6. The molecule has 1 aliphatic rings. The normalized spacial score (nSPS) is 15.5. The smallest absolute Gasteiger partial charge is 0.433 e. The zero-order chi connectivity index (χ0) is 15.7. The summed E-state index contributed by atoms with van der Waals surface area (Å²) in [5.41, 5.74) is -0.990. The van der Waals surface area contributed by atoms with Crippen molar-refractivity contribution in [2.24, 2.45) is 0 Å². The summed E-state index contributed by atoms with van der Waals surface area (Å²) in [6.45, 7) is 0.684. The Labute approximate surface area is 128 Å². The first kappa shape index (κ1) is 14.8. The first-order valence-electron chi connectivity index (χ1n) is 6.47. The van der Waals surface area contributed by atoms with Gasteiger partial charge < -0.3 is 9.64 Å². The number of amides is 1. The summed E-state index contributed by atoms with van der Waals surface area (Å²) in [5.74, 6) is -0.171. The van der Waals surface area contributed by atoms with Crippen molar-refractivity contribution in [3.05, 3.63) is 46.3 Å². The van der Waals surface area contributed by atoms with Crippen molar-refractivity contribution in [3.63, 3.8) is 0 Å². The van der Waals surface area contributed by atoms with Crippen LogP contribution in [0, 0.1) is 0 Å². The second-order valence-corrected chi connectivity index (χ2v) is 5.73. The van der Waals surface area contributed by atoms with E-state index in [0.29, 0.717) is 18.0 Å². The lowest BCUT2D eigenvalue weighted by Gasteiger charge is -2.38. The number of hydrogen-bond acceptors (Lipinski definition) is 4. The number of likely N-dealkylation sites (tertiary alicyclic amines) is 1. The molecule has 2 aromatic rings. The second kappa shape index (κ2) is 5.60. The summed E-state index contributed by atoms with van der Waals surface area (Å²) >= 11 is 1.35. The van der Waals surface area contributed by atoms with Gasteiger partial charge in [-0.1, -0.05) is 12.1 Å². The molecule has 0 unspecified atom stereocenters. The molecular weight excluding hydrogens is 317 g/mol. The molecule has 0 atom stereocenters. The standard InChI is InChI=1S/C14H11F3N2O2S/c15-14(16,17)11-4-1-5-12(18-11)21-9-7-19(8-9)13(20)10-3-2-6-22-10/h1-6,9H,7-8H2. The van der Waals surface area contributed by atoms with E-state index in [1.165, 1.54) is 23.5 Å². The average molecular weight is 328 g/mol. The number of hydrogen-bond donors (Lipinski definition) is 0. The molecule has 0 radical (unpaired) electrons. The van der Waals surface area contributed by atoms with E-state index in [1.807, 2.05) is 5.38 Å². The van der Waals surface area contributed by atoms with Crippen molar-refractivity contribution in [2.75, 3.05) is 13.1 Å². The lowest BCUT2D eigenvalue weighted by Crippen LogP contribution is -2.56. The Hall–Kier alpha value is -2.09. The Morgan fingerprint density at radius 1 is 1.27 bits per heavy atom. The van der Waals surface area contributed by atoms with Gasteiger partial charge in [0.1, 0.15) is 11.8 Å². The van der Waals surface area contributed by atoms with Crippen LogP contribution in [0.1, 0.15) is 15.4 Å². The van der Waals surface area contributed by atoms with Crippen LogP contribution >= 0.6 is 11.3 Å². The molecule has 1 aliphatic heterocycles. The van der Waals surface area contributed by atoms with Crippen molar-refractivity contribution in [1.82, 2.24) is 9.88 Å². The summed E-state index contributed by atoms with van der Waals surface area (Å²) in [5, 5.41) is 1.81. The van der Waals surface area contributed by atoms with Crippen LogP contribution in [-0.4, -0.2) is 35.0 Å². The Balaban J connectivity index is 1.57. The molecule has 0 N–H and O–H groups in total. The Morgan fingerprint density at radius 3 is 2.68 bits per heavy atom. The number of pyridine rings is 1. The third-order valence-corrected chi connectivity index (χ3v) is 4.03. The molecule has 3 rings (SSSR count). The van der Waals surface area contributed by atoms with Gasteiger partial charge in [-0.15, -0.1) is 11.3 Å². The molecule has 116 valence electrons. The minimum Gasteiger partial charge on any atom is -0.471 e. The minimum absolute atomic E-state index is 0.0805. The molecule has 0 spiro atoms. The molecule has 2 aromatic heterocycles. The predicted octanol–water partition coefficient (Wildman–Crippen LogP) is 3.07. The fourth-order valence-corrected chi connectivity index (χ4v) is 2.73. The number of rotatable bonds is 3. The van der Waals surface area contributed by atoms with Gasteiger partial charge in [0, 0.05) is 6.07 Å². The van der Waals surface area contributed by atoms with Gasteiger partial charge in [-0.3, -0.25) is 4.79 Å². The van der Waals surface area contributed by atoms with Crippen LogP contribution < -0.4 is 4.74 Å². The Morgan fingerprint density at radius 2 is 2.05 bits per heavy atom. The van der Waals surface area contributed by atoms with Crippen LogP contribution in [-0.2, 0) is 6.18 Å². The van der Waals surface area contributed by atoms with E-state index in [1.54, 1.807) is 17.0 Å². The minimum atomic E-state index is -4.50. The van der Waals surface area contributed by atoms with Gasteiger partial charge in [0.25, 0.3) is 5.91 Å². The van der Waals surface area contributed by atoms with Crippen molar-refractivity contribution in [2.45, 2.75) is 12.3 Å². The third-order valence-electron chi connectivity index (χ3n) is 3.17. The molecule has 22 heavy (non-hydrogen) atoms. The maximum Gasteiger partial charge on any atom is 0.433 e. The zero-order valence-corrected chi connectivity index (χ0v) is 12.0. The van der Waals surface area contributed by atoms with E-state index in [9.17, 15) is 18.0 Å². The number of carbonyl (C=O) groups is 1. The quantitative estimate of drug-likeness (QED) is 0.870. The van der Waals surface area contributed by atoms with Gasteiger partial charge in [-0.2, -0.15) is 13.2 Å². The van der Waals surface area contributed by atoms with Gasteiger partial charge in [-0.05, 0) is 17.5 Å². The Bertz CT molecular complexity index is 667. The summed E-state index contributed by atoms with van der Waals surface area (Å²) in [7, 11) is 0. The fourth-order valence-electron chi connectivity index (χ4n) is 2.04. The summed E-state index contributed by atoms with van der Waals surface area (Å²) < 4.78 is 43.1. The molecule has 0 aromatic carbocycles. The number of alkyl halides is 3. The van der Waals surface area contributed by atoms with Crippen LogP contribution in [0.25, 0.3) is 0 Å². The highest BCUT2D eigenvalue weighted by atomic mass is 32.1. The number of thiophene rings is 1. The number of halogens is 3. The van der Waals surface area contributed by atoms with Gasteiger partial charge in [0.05, 0.1) is 18.0 Å². The number of nitrogens with zero attached hydrogens (tertiary/aromatic N) is 2. The molecule has 1 amide bonds. The summed E-state index contributed by atoms with van der Waals surface area (Å²) in [6.07, 6.45) is -4.83. The summed E-state index contributed by atoms with van der Waals surface area (Å²) in [6, 6.07) is 7.03. The molecule has 1 saturated heterocycles. The topological polar surface area (TPSA) is 42.4 Å². The van der Waals surface area contributed by atoms with Crippen LogP contribution in [0.15, 0.2) is 35.7 Å². The van der Waals surface area contributed by atoms with E-state index in [0.717, 1.165) is 6.07 Å². The van der Waals surface area contributed by atoms with Crippen molar-refractivity contribution in [3.8, 4) is 5.88 Å². The van der Waals surface area contributed by atoms with Crippen LogP contribution in [0.3, 0.4) is 0 Å². The molecular formula is C14H11F3N2O2S. The van der Waals surface area contributed by atoms with Crippen LogP contribution in [0.5, 0.6) is 5.88 Å². The molecule has 1 fully saturated rings. The SMILES string of the molecule is O=C(c1cccs1)N1CC(Oc2cccc(C(F)(F)F)n2)C1. The first-order chi connectivity index (χ1) is 10.4. The highest BCUT2D eigenvalue weighted by Crippen LogP contribution is 2.29. The van der Waals surface area contributed by atoms with Crippen molar-refractivity contribution < 1.29 is 22.7 Å². The van der Waals surface area contributed by atoms with Gasteiger partial charge in [0.2, 0.25) is 5.88 Å². The van der Waals surface area contributed by atoms with Crippen molar-refractivity contribution in [1.29, 1.82) is 0 Å². The van der Waals surface area contributed by atoms with E-state index in [-0.39, 0.29) is 17.9 Å². The number of carbonyl (C=O) groups excluding carboxylic acids is 1. The lowest BCUT2D eigenvalue weighted by atomic mass is 10.1. The van der Waals surface area contributed by atoms with E-state index >= 15 is 0 Å². The monoisotopic (exact) mass is 328 g/mol.